The molecule has 0 aromatic carbocycles. The lowest BCUT2D eigenvalue weighted by molar-refractivity contribution is 0.298. The predicted molar refractivity (Wildman–Crippen MR) is 66.6 cm³/mol. The van der Waals surface area contributed by atoms with E-state index < -0.39 is 0 Å². The summed E-state index contributed by atoms with van der Waals surface area (Å²) >= 11 is 11.4. The molecule has 3 heteroatoms. The van der Waals surface area contributed by atoms with Crippen molar-refractivity contribution in [2.24, 2.45) is 0 Å². The first-order valence-corrected chi connectivity index (χ1v) is 6.76. The molecule has 0 fully saturated rings. The molecule has 0 radical (unpaired) electrons. The van der Waals surface area contributed by atoms with Crippen LogP contribution >= 0.6 is 23.2 Å². The van der Waals surface area contributed by atoms with E-state index >= 15 is 0 Å². The van der Waals surface area contributed by atoms with Crippen LogP contribution in [0.25, 0.3) is 0 Å². The SMILES string of the molecule is CCCCCCCN(CCCl)CCCl. The fourth-order valence-electron chi connectivity index (χ4n) is 1.51. The summed E-state index contributed by atoms with van der Waals surface area (Å²) in [5.74, 6) is 1.43. The maximum absolute atomic E-state index is 5.71. The normalized spacial score (nSPS) is 11.1. The second-order valence-electron chi connectivity index (χ2n) is 3.63. The Kier molecular flexibility index (Phi) is 12.1. The van der Waals surface area contributed by atoms with Gasteiger partial charge in [0.1, 0.15) is 0 Å². The van der Waals surface area contributed by atoms with Crippen molar-refractivity contribution in [3.8, 4) is 0 Å². The molecule has 0 aromatic heterocycles. The largest absolute Gasteiger partial charge is 0.301 e. The second-order valence-corrected chi connectivity index (χ2v) is 4.39. The minimum atomic E-state index is 0.714. The highest BCUT2D eigenvalue weighted by Crippen LogP contribution is 2.04. The van der Waals surface area contributed by atoms with E-state index in [-0.39, 0.29) is 0 Å². The molecule has 0 saturated heterocycles. The molecule has 0 rings (SSSR count). The van der Waals surface area contributed by atoms with Gasteiger partial charge >= 0.3 is 0 Å². The third-order valence-electron chi connectivity index (χ3n) is 2.38. The van der Waals surface area contributed by atoms with Crippen molar-refractivity contribution in [1.29, 1.82) is 0 Å². The maximum atomic E-state index is 5.71. The van der Waals surface area contributed by atoms with Gasteiger partial charge in [0.2, 0.25) is 0 Å². The number of nitrogens with zero attached hydrogens (tertiary/aromatic N) is 1. The van der Waals surface area contributed by atoms with E-state index in [4.69, 9.17) is 23.2 Å². The van der Waals surface area contributed by atoms with E-state index in [1.807, 2.05) is 0 Å². The molecule has 0 aliphatic rings. The van der Waals surface area contributed by atoms with Gasteiger partial charge < -0.3 is 4.90 Å². The number of alkyl halides is 2. The summed E-state index contributed by atoms with van der Waals surface area (Å²) in [6, 6.07) is 0. The molecule has 86 valence electrons. The summed E-state index contributed by atoms with van der Waals surface area (Å²) < 4.78 is 0. The first-order chi connectivity index (χ1) is 6.85. The van der Waals surface area contributed by atoms with Gasteiger partial charge in [-0.1, -0.05) is 32.6 Å². The fourth-order valence-corrected chi connectivity index (χ4v) is 1.99. The van der Waals surface area contributed by atoms with Crippen LogP contribution in [0.2, 0.25) is 0 Å². The van der Waals surface area contributed by atoms with Crippen LogP contribution in [0.3, 0.4) is 0 Å². The van der Waals surface area contributed by atoms with E-state index in [1.165, 1.54) is 32.1 Å². The van der Waals surface area contributed by atoms with Gasteiger partial charge in [0.25, 0.3) is 0 Å². The van der Waals surface area contributed by atoms with Gasteiger partial charge in [-0.25, -0.2) is 0 Å². The van der Waals surface area contributed by atoms with Crippen molar-refractivity contribution < 1.29 is 0 Å². The lowest BCUT2D eigenvalue weighted by atomic mass is 10.1. The van der Waals surface area contributed by atoms with Gasteiger partial charge in [0, 0.05) is 24.8 Å². The third-order valence-corrected chi connectivity index (χ3v) is 2.72. The highest BCUT2D eigenvalue weighted by Gasteiger charge is 2.02. The van der Waals surface area contributed by atoms with Crippen molar-refractivity contribution in [3.05, 3.63) is 0 Å². The van der Waals surface area contributed by atoms with Crippen LogP contribution in [-0.2, 0) is 0 Å². The van der Waals surface area contributed by atoms with Crippen LogP contribution < -0.4 is 0 Å². The van der Waals surface area contributed by atoms with Crippen LogP contribution in [-0.4, -0.2) is 36.3 Å². The second kappa shape index (κ2) is 11.6. The Labute approximate surface area is 98.8 Å². The first kappa shape index (κ1) is 14.5. The zero-order valence-electron chi connectivity index (χ0n) is 9.27. The highest BCUT2D eigenvalue weighted by molar-refractivity contribution is 6.18. The van der Waals surface area contributed by atoms with E-state index in [9.17, 15) is 0 Å². The number of halogens is 2. The summed E-state index contributed by atoms with van der Waals surface area (Å²) in [5, 5.41) is 0. The summed E-state index contributed by atoms with van der Waals surface area (Å²) in [4.78, 5) is 2.35. The van der Waals surface area contributed by atoms with Crippen LogP contribution in [0.4, 0.5) is 0 Å². The van der Waals surface area contributed by atoms with Crippen molar-refractivity contribution >= 4 is 23.2 Å². The van der Waals surface area contributed by atoms with E-state index in [1.54, 1.807) is 0 Å². The Bertz CT molecular complexity index is 103. The Morgan fingerprint density at radius 1 is 0.786 bits per heavy atom. The quantitative estimate of drug-likeness (QED) is 0.415. The number of rotatable bonds is 10. The standard InChI is InChI=1S/C11H23Cl2N/c1-2-3-4-5-6-9-14(10-7-12)11-8-13/h2-11H2,1H3. The summed E-state index contributed by atoms with van der Waals surface area (Å²) in [5.41, 5.74) is 0. The van der Waals surface area contributed by atoms with E-state index in [0.29, 0.717) is 11.8 Å². The maximum Gasteiger partial charge on any atom is 0.0351 e. The Balaban J connectivity index is 3.30. The topological polar surface area (TPSA) is 3.24 Å². The highest BCUT2D eigenvalue weighted by atomic mass is 35.5. The van der Waals surface area contributed by atoms with Crippen LogP contribution in [0.5, 0.6) is 0 Å². The average Bonchev–Trinajstić information content (AvgIpc) is 2.18. The fraction of sp³-hybridized carbons (Fsp3) is 1.00. The molecule has 0 aliphatic heterocycles. The Morgan fingerprint density at radius 3 is 1.86 bits per heavy atom. The van der Waals surface area contributed by atoms with Crippen molar-refractivity contribution in [2.75, 3.05) is 31.4 Å². The molecule has 0 saturated carbocycles. The smallest absolute Gasteiger partial charge is 0.0351 e. The lowest BCUT2D eigenvalue weighted by Crippen LogP contribution is -2.28. The van der Waals surface area contributed by atoms with Crippen LogP contribution in [0.1, 0.15) is 39.0 Å². The lowest BCUT2D eigenvalue weighted by Gasteiger charge is -2.19. The van der Waals surface area contributed by atoms with Crippen molar-refractivity contribution in [3.63, 3.8) is 0 Å². The number of hydrogen-bond acceptors (Lipinski definition) is 1. The molecule has 1 nitrogen and oxygen atoms in total. The average molecular weight is 240 g/mol. The van der Waals surface area contributed by atoms with Crippen molar-refractivity contribution in [1.82, 2.24) is 4.90 Å². The minimum Gasteiger partial charge on any atom is -0.301 e. The zero-order valence-corrected chi connectivity index (χ0v) is 10.8. The molecular weight excluding hydrogens is 217 g/mol. The number of unbranched alkanes of at least 4 members (excludes halogenated alkanes) is 4. The molecule has 0 unspecified atom stereocenters. The molecule has 0 spiro atoms. The van der Waals surface area contributed by atoms with Crippen LogP contribution in [0, 0.1) is 0 Å². The van der Waals surface area contributed by atoms with Gasteiger partial charge in [0.15, 0.2) is 0 Å². The molecule has 0 atom stereocenters. The third kappa shape index (κ3) is 9.11. The summed E-state index contributed by atoms with van der Waals surface area (Å²) in [6.45, 7) is 5.35. The molecule has 0 N–H and O–H groups in total. The first-order valence-electron chi connectivity index (χ1n) is 5.69. The Morgan fingerprint density at radius 2 is 1.36 bits per heavy atom. The molecular formula is C11H23Cl2N. The molecule has 0 amide bonds. The molecule has 0 bridgehead atoms. The molecule has 0 aliphatic carbocycles. The monoisotopic (exact) mass is 239 g/mol. The van der Waals surface area contributed by atoms with Crippen molar-refractivity contribution in [2.45, 2.75) is 39.0 Å². The summed E-state index contributed by atoms with van der Waals surface area (Å²) in [7, 11) is 0. The minimum absolute atomic E-state index is 0.714. The van der Waals surface area contributed by atoms with Gasteiger partial charge in [-0.15, -0.1) is 23.2 Å². The van der Waals surface area contributed by atoms with E-state index in [0.717, 1.165) is 19.6 Å². The molecule has 0 heterocycles. The van der Waals surface area contributed by atoms with Gasteiger partial charge in [0.05, 0.1) is 0 Å². The predicted octanol–water partition coefficient (Wildman–Crippen LogP) is 3.74. The van der Waals surface area contributed by atoms with Gasteiger partial charge in [-0.2, -0.15) is 0 Å². The zero-order chi connectivity index (χ0) is 10.6. The van der Waals surface area contributed by atoms with Gasteiger partial charge in [-0.05, 0) is 13.0 Å². The van der Waals surface area contributed by atoms with Gasteiger partial charge in [-0.3, -0.25) is 0 Å². The number of hydrogen-bond donors (Lipinski definition) is 0. The molecule has 0 aromatic rings. The summed E-state index contributed by atoms with van der Waals surface area (Å²) in [6.07, 6.45) is 6.67. The Hall–Kier alpha value is 0.540. The molecule has 14 heavy (non-hydrogen) atoms. The van der Waals surface area contributed by atoms with Crippen LogP contribution in [0.15, 0.2) is 0 Å². The van der Waals surface area contributed by atoms with E-state index in [2.05, 4.69) is 11.8 Å².